The minimum absolute atomic E-state index is 0.0924. The molecule has 0 aromatic rings. The van der Waals surface area contributed by atoms with Gasteiger partial charge in [-0.2, -0.15) is 8.42 Å². The van der Waals surface area contributed by atoms with Crippen molar-refractivity contribution in [3.8, 4) is 0 Å². The number of hydrogen-bond donors (Lipinski definition) is 3. The Kier molecular flexibility index (Phi) is 3.88. The molecule has 0 spiro atoms. The molecule has 14 heavy (non-hydrogen) atoms. The van der Waals surface area contributed by atoms with Crippen molar-refractivity contribution < 1.29 is 8.42 Å². The Morgan fingerprint density at radius 1 is 1.36 bits per heavy atom. The SMILES string of the molecule is CNS(=O)(=O)NCC1(C)CCNCC1. The lowest BCUT2D eigenvalue weighted by molar-refractivity contribution is 0.232. The fourth-order valence-electron chi connectivity index (χ4n) is 1.55. The summed E-state index contributed by atoms with van der Waals surface area (Å²) in [5.74, 6) is 0. The van der Waals surface area contributed by atoms with Crippen molar-refractivity contribution in [2.75, 3.05) is 26.7 Å². The molecule has 0 saturated carbocycles. The normalized spacial score (nSPS) is 22.1. The average molecular weight is 221 g/mol. The fraction of sp³-hybridized carbons (Fsp3) is 1.00. The van der Waals surface area contributed by atoms with E-state index in [9.17, 15) is 8.42 Å². The molecule has 0 radical (unpaired) electrons. The fourth-order valence-corrected chi connectivity index (χ4v) is 2.23. The third-order valence-corrected chi connectivity index (χ3v) is 3.83. The largest absolute Gasteiger partial charge is 0.317 e. The van der Waals surface area contributed by atoms with Crippen LogP contribution in [-0.2, 0) is 10.2 Å². The molecular formula is C8H19N3O2S. The van der Waals surface area contributed by atoms with Crippen molar-refractivity contribution in [1.82, 2.24) is 14.8 Å². The van der Waals surface area contributed by atoms with E-state index in [1.165, 1.54) is 7.05 Å². The zero-order chi connectivity index (χ0) is 10.7. The second-order valence-corrected chi connectivity index (χ2v) is 5.79. The van der Waals surface area contributed by atoms with Gasteiger partial charge in [0.1, 0.15) is 0 Å². The minimum Gasteiger partial charge on any atom is -0.317 e. The Hall–Kier alpha value is -0.170. The molecule has 1 heterocycles. The van der Waals surface area contributed by atoms with Gasteiger partial charge in [-0.1, -0.05) is 6.92 Å². The molecule has 0 aliphatic carbocycles. The van der Waals surface area contributed by atoms with Crippen LogP contribution in [0.15, 0.2) is 0 Å². The molecule has 5 nitrogen and oxygen atoms in total. The summed E-state index contributed by atoms with van der Waals surface area (Å²) in [6.07, 6.45) is 2.03. The maximum atomic E-state index is 11.1. The number of hydrogen-bond acceptors (Lipinski definition) is 3. The van der Waals surface area contributed by atoms with Gasteiger partial charge in [-0.05, 0) is 31.3 Å². The first-order valence-electron chi connectivity index (χ1n) is 4.86. The zero-order valence-electron chi connectivity index (χ0n) is 8.76. The van der Waals surface area contributed by atoms with E-state index in [2.05, 4.69) is 21.7 Å². The standard InChI is InChI=1S/C8H19N3O2S/c1-8(3-5-10-6-4-8)7-11-14(12,13)9-2/h9-11H,3-7H2,1-2H3. The van der Waals surface area contributed by atoms with E-state index in [1.54, 1.807) is 0 Å². The predicted octanol–water partition coefficient (Wildman–Crippen LogP) is -0.570. The van der Waals surface area contributed by atoms with Crippen LogP contribution in [0.3, 0.4) is 0 Å². The summed E-state index contributed by atoms with van der Waals surface area (Å²) in [6, 6.07) is 0. The first kappa shape index (κ1) is 11.9. The molecule has 1 aliphatic rings. The molecule has 0 aromatic carbocycles. The van der Waals surface area contributed by atoms with Gasteiger partial charge < -0.3 is 5.32 Å². The molecule has 0 aromatic heterocycles. The Morgan fingerprint density at radius 3 is 2.43 bits per heavy atom. The van der Waals surface area contributed by atoms with Crippen molar-refractivity contribution in [2.45, 2.75) is 19.8 Å². The maximum absolute atomic E-state index is 11.1. The highest BCUT2D eigenvalue weighted by molar-refractivity contribution is 7.87. The Morgan fingerprint density at radius 2 is 1.93 bits per heavy atom. The highest BCUT2D eigenvalue weighted by Crippen LogP contribution is 2.26. The van der Waals surface area contributed by atoms with E-state index < -0.39 is 10.2 Å². The number of nitrogens with one attached hydrogen (secondary N) is 3. The van der Waals surface area contributed by atoms with Crippen LogP contribution in [-0.4, -0.2) is 35.1 Å². The lowest BCUT2D eigenvalue weighted by Crippen LogP contribution is -2.45. The van der Waals surface area contributed by atoms with Crippen LogP contribution in [0.25, 0.3) is 0 Å². The van der Waals surface area contributed by atoms with Gasteiger partial charge in [-0.3, -0.25) is 0 Å². The molecular weight excluding hydrogens is 202 g/mol. The molecule has 84 valence electrons. The molecule has 3 N–H and O–H groups in total. The summed E-state index contributed by atoms with van der Waals surface area (Å²) in [4.78, 5) is 0. The third kappa shape index (κ3) is 3.53. The van der Waals surface area contributed by atoms with E-state index in [0.29, 0.717) is 6.54 Å². The van der Waals surface area contributed by atoms with Gasteiger partial charge in [0.15, 0.2) is 0 Å². The lowest BCUT2D eigenvalue weighted by atomic mass is 9.81. The van der Waals surface area contributed by atoms with Crippen molar-refractivity contribution >= 4 is 10.2 Å². The van der Waals surface area contributed by atoms with Crippen molar-refractivity contribution in [3.05, 3.63) is 0 Å². The summed E-state index contributed by atoms with van der Waals surface area (Å²) in [5.41, 5.74) is 0.0924. The topological polar surface area (TPSA) is 70.2 Å². The van der Waals surface area contributed by atoms with Crippen LogP contribution >= 0.6 is 0 Å². The van der Waals surface area contributed by atoms with Crippen LogP contribution in [0.4, 0.5) is 0 Å². The third-order valence-electron chi connectivity index (χ3n) is 2.77. The van der Waals surface area contributed by atoms with Gasteiger partial charge in [-0.25, -0.2) is 9.44 Å². The summed E-state index contributed by atoms with van der Waals surface area (Å²) < 4.78 is 27.1. The Bertz CT molecular complexity index is 270. The summed E-state index contributed by atoms with van der Waals surface area (Å²) >= 11 is 0. The molecule has 6 heteroatoms. The highest BCUT2D eigenvalue weighted by Gasteiger charge is 2.27. The van der Waals surface area contributed by atoms with Crippen LogP contribution in [0.5, 0.6) is 0 Å². The predicted molar refractivity (Wildman–Crippen MR) is 56.2 cm³/mol. The Labute approximate surface area is 85.8 Å². The molecule has 0 amide bonds. The van der Waals surface area contributed by atoms with E-state index >= 15 is 0 Å². The second-order valence-electron chi connectivity index (χ2n) is 4.09. The molecule has 1 fully saturated rings. The zero-order valence-corrected chi connectivity index (χ0v) is 9.58. The van der Waals surface area contributed by atoms with Crippen molar-refractivity contribution in [3.63, 3.8) is 0 Å². The van der Waals surface area contributed by atoms with Crippen molar-refractivity contribution in [1.29, 1.82) is 0 Å². The number of rotatable bonds is 4. The van der Waals surface area contributed by atoms with Gasteiger partial charge in [0.2, 0.25) is 0 Å². The maximum Gasteiger partial charge on any atom is 0.276 e. The quantitative estimate of drug-likeness (QED) is 0.595. The molecule has 1 aliphatic heterocycles. The summed E-state index contributed by atoms with van der Waals surface area (Å²) in [7, 11) is -1.87. The lowest BCUT2D eigenvalue weighted by Gasteiger charge is -2.33. The molecule has 1 saturated heterocycles. The molecule has 0 unspecified atom stereocenters. The smallest absolute Gasteiger partial charge is 0.276 e. The van der Waals surface area contributed by atoms with Gasteiger partial charge in [0.25, 0.3) is 10.2 Å². The van der Waals surface area contributed by atoms with Crippen molar-refractivity contribution in [2.24, 2.45) is 5.41 Å². The minimum atomic E-state index is -3.28. The summed E-state index contributed by atoms with van der Waals surface area (Å²) in [6.45, 7) is 4.57. The summed E-state index contributed by atoms with van der Waals surface area (Å²) in [5, 5.41) is 3.26. The van der Waals surface area contributed by atoms with E-state index in [1.807, 2.05) is 0 Å². The van der Waals surface area contributed by atoms with E-state index in [4.69, 9.17) is 0 Å². The van der Waals surface area contributed by atoms with Gasteiger partial charge in [-0.15, -0.1) is 0 Å². The van der Waals surface area contributed by atoms with Gasteiger partial charge in [0, 0.05) is 13.6 Å². The van der Waals surface area contributed by atoms with Crippen LogP contribution in [0.1, 0.15) is 19.8 Å². The van der Waals surface area contributed by atoms with E-state index in [-0.39, 0.29) is 5.41 Å². The number of piperidine rings is 1. The molecule has 0 atom stereocenters. The van der Waals surface area contributed by atoms with Crippen LogP contribution < -0.4 is 14.8 Å². The van der Waals surface area contributed by atoms with E-state index in [0.717, 1.165) is 25.9 Å². The van der Waals surface area contributed by atoms with Crippen LogP contribution in [0, 0.1) is 5.41 Å². The first-order valence-corrected chi connectivity index (χ1v) is 6.35. The highest BCUT2D eigenvalue weighted by atomic mass is 32.2. The van der Waals surface area contributed by atoms with Gasteiger partial charge >= 0.3 is 0 Å². The first-order chi connectivity index (χ1) is 6.47. The van der Waals surface area contributed by atoms with Crippen LogP contribution in [0.2, 0.25) is 0 Å². The van der Waals surface area contributed by atoms with Gasteiger partial charge in [0.05, 0.1) is 0 Å². The second kappa shape index (κ2) is 4.57. The average Bonchev–Trinajstić information content (AvgIpc) is 2.17. The molecule has 0 bridgehead atoms. The monoisotopic (exact) mass is 221 g/mol. The Balaban J connectivity index is 2.43. The molecule has 1 rings (SSSR count).